The highest BCUT2D eigenvalue weighted by atomic mass is 16.5. The van der Waals surface area contributed by atoms with E-state index in [0.29, 0.717) is 13.0 Å². The molecule has 7 nitrogen and oxygen atoms in total. The molecule has 2 saturated heterocycles. The normalized spacial score (nSPS) is 18.1. The highest BCUT2D eigenvalue weighted by molar-refractivity contribution is 5.90. The van der Waals surface area contributed by atoms with E-state index < -0.39 is 0 Å². The minimum Gasteiger partial charge on any atom is -0.379 e. The standard InChI is InChI=1S/C24H30N4O3/c29-23-11-6-12-28(23)18-22(19-7-2-1-3-8-19)26-24(30)25-21-10-5-4-9-20(21)17-27-13-15-31-16-14-27/h1-5,7-10,22H,6,11-18H2,(H2,25,26,30)/t22-/m0/s1. The van der Waals surface area contributed by atoms with Gasteiger partial charge in [0, 0.05) is 44.8 Å². The first kappa shape index (κ1) is 21.3. The Bertz CT molecular complexity index is 883. The number of hydrogen-bond acceptors (Lipinski definition) is 4. The summed E-state index contributed by atoms with van der Waals surface area (Å²) in [5.41, 5.74) is 2.86. The van der Waals surface area contributed by atoms with Gasteiger partial charge in [0.15, 0.2) is 0 Å². The van der Waals surface area contributed by atoms with Crippen molar-refractivity contribution in [3.05, 3.63) is 65.7 Å². The molecule has 3 amide bonds. The Kier molecular flexibility index (Phi) is 7.17. The second kappa shape index (κ2) is 10.4. The van der Waals surface area contributed by atoms with Crippen LogP contribution in [-0.2, 0) is 16.1 Å². The number of hydrogen-bond donors (Lipinski definition) is 2. The molecule has 2 aromatic carbocycles. The maximum Gasteiger partial charge on any atom is 0.319 e. The largest absolute Gasteiger partial charge is 0.379 e. The van der Waals surface area contributed by atoms with Gasteiger partial charge >= 0.3 is 6.03 Å². The monoisotopic (exact) mass is 422 g/mol. The summed E-state index contributed by atoms with van der Waals surface area (Å²) in [6.45, 7) is 5.25. The van der Waals surface area contributed by atoms with E-state index in [0.717, 1.165) is 62.6 Å². The molecule has 4 rings (SSSR count). The van der Waals surface area contributed by atoms with Gasteiger partial charge in [-0.2, -0.15) is 0 Å². The van der Waals surface area contributed by atoms with Gasteiger partial charge < -0.3 is 20.3 Å². The molecule has 0 spiro atoms. The molecule has 0 bridgehead atoms. The van der Waals surface area contributed by atoms with Crippen molar-refractivity contribution in [2.45, 2.75) is 25.4 Å². The van der Waals surface area contributed by atoms with Gasteiger partial charge in [0.05, 0.1) is 19.3 Å². The van der Waals surface area contributed by atoms with Crippen LogP contribution in [0, 0.1) is 0 Å². The lowest BCUT2D eigenvalue weighted by Gasteiger charge is -2.28. The van der Waals surface area contributed by atoms with E-state index in [9.17, 15) is 9.59 Å². The van der Waals surface area contributed by atoms with E-state index in [1.807, 2.05) is 59.5 Å². The van der Waals surface area contributed by atoms with E-state index in [-0.39, 0.29) is 18.0 Å². The van der Waals surface area contributed by atoms with Gasteiger partial charge in [0.1, 0.15) is 0 Å². The van der Waals surface area contributed by atoms with Crippen LogP contribution in [0.25, 0.3) is 0 Å². The van der Waals surface area contributed by atoms with Gasteiger partial charge in [0.25, 0.3) is 0 Å². The Morgan fingerprint density at radius 2 is 1.74 bits per heavy atom. The molecule has 7 heteroatoms. The van der Waals surface area contributed by atoms with Gasteiger partial charge in [0.2, 0.25) is 5.91 Å². The maximum atomic E-state index is 12.9. The van der Waals surface area contributed by atoms with Crippen LogP contribution >= 0.6 is 0 Å². The average Bonchev–Trinajstić information content (AvgIpc) is 3.20. The lowest BCUT2D eigenvalue weighted by Crippen LogP contribution is -2.40. The van der Waals surface area contributed by atoms with Crippen molar-refractivity contribution in [3.8, 4) is 0 Å². The number of urea groups is 1. The molecular weight excluding hydrogens is 392 g/mol. The molecule has 0 aromatic heterocycles. The van der Waals surface area contributed by atoms with Crippen molar-refractivity contribution in [3.63, 3.8) is 0 Å². The molecule has 2 N–H and O–H groups in total. The van der Waals surface area contributed by atoms with Gasteiger partial charge in [-0.3, -0.25) is 9.69 Å². The number of carbonyl (C=O) groups excluding carboxylic acids is 2. The molecule has 31 heavy (non-hydrogen) atoms. The van der Waals surface area contributed by atoms with Crippen LogP contribution in [-0.4, -0.2) is 61.1 Å². The SMILES string of the molecule is O=C(Nc1ccccc1CN1CCOCC1)N[C@@H](CN1CCCC1=O)c1ccccc1. The first-order valence-electron chi connectivity index (χ1n) is 11.0. The number of amides is 3. The smallest absolute Gasteiger partial charge is 0.319 e. The number of benzene rings is 2. The van der Waals surface area contributed by atoms with Crippen LogP contribution < -0.4 is 10.6 Å². The zero-order chi connectivity index (χ0) is 21.5. The summed E-state index contributed by atoms with van der Waals surface area (Å²) in [6, 6.07) is 17.2. The fraction of sp³-hybridized carbons (Fsp3) is 0.417. The van der Waals surface area contributed by atoms with Crippen molar-refractivity contribution >= 4 is 17.6 Å². The van der Waals surface area contributed by atoms with E-state index in [1.165, 1.54) is 0 Å². The third-order valence-corrected chi connectivity index (χ3v) is 5.84. The number of carbonyl (C=O) groups is 2. The van der Waals surface area contributed by atoms with E-state index in [1.54, 1.807) is 0 Å². The third-order valence-electron chi connectivity index (χ3n) is 5.84. The fourth-order valence-electron chi connectivity index (χ4n) is 4.13. The number of ether oxygens (including phenoxy) is 1. The second-order valence-corrected chi connectivity index (χ2v) is 8.05. The molecule has 164 valence electrons. The van der Waals surface area contributed by atoms with Crippen molar-refractivity contribution in [1.29, 1.82) is 0 Å². The molecule has 0 unspecified atom stereocenters. The van der Waals surface area contributed by atoms with Crippen LogP contribution in [0.3, 0.4) is 0 Å². The van der Waals surface area contributed by atoms with Crippen molar-refractivity contribution in [2.24, 2.45) is 0 Å². The predicted molar refractivity (Wildman–Crippen MR) is 120 cm³/mol. The van der Waals surface area contributed by atoms with Crippen molar-refractivity contribution in [2.75, 3.05) is 44.7 Å². The lowest BCUT2D eigenvalue weighted by atomic mass is 10.1. The summed E-state index contributed by atoms with van der Waals surface area (Å²) in [5.74, 6) is 0.152. The summed E-state index contributed by atoms with van der Waals surface area (Å²) < 4.78 is 5.43. The maximum absolute atomic E-state index is 12.9. The zero-order valence-electron chi connectivity index (χ0n) is 17.8. The number of likely N-dealkylation sites (tertiary alicyclic amines) is 1. The molecule has 2 heterocycles. The van der Waals surface area contributed by atoms with Crippen LogP contribution in [0.5, 0.6) is 0 Å². The van der Waals surface area contributed by atoms with Crippen LogP contribution in [0.1, 0.15) is 30.0 Å². The minimum atomic E-state index is -0.269. The Balaban J connectivity index is 1.43. The minimum absolute atomic E-state index is 0.152. The van der Waals surface area contributed by atoms with Gasteiger partial charge in [-0.05, 0) is 23.6 Å². The second-order valence-electron chi connectivity index (χ2n) is 8.05. The fourth-order valence-corrected chi connectivity index (χ4v) is 4.13. The van der Waals surface area contributed by atoms with Crippen LogP contribution in [0.2, 0.25) is 0 Å². The number of para-hydroxylation sites is 1. The molecule has 1 atom stereocenters. The molecule has 2 fully saturated rings. The Hall–Kier alpha value is -2.90. The number of anilines is 1. The first-order valence-corrected chi connectivity index (χ1v) is 11.0. The molecule has 0 radical (unpaired) electrons. The molecule has 0 aliphatic carbocycles. The van der Waals surface area contributed by atoms with Crippen LogP contribution in [0.15, 0.2) is 54.6 Å². The van der Waals surface area contributed by atoms with Crippen LogP contribution in [0.4, 0.5) is 10.5 Å². The van der Waals surface area contributed by atoms with Gasteiger partial charge in [-0.1, -0.05) is 48.5 Å². The third kappa shape index (κ3) is 5.83. The number of nitrogens with one attached hydrogen (secondary N) is 2. The quantitative estimate of drug-likeness (QED) is 0.719. The Labute approximate surface area is 183 Å². The average molecular weight is 423 g/mol. The summed E-state index contributed by atoms with van der Waals surface area (Å²) in [4.78, 5) is 29.2. The number of rotatable bonds is 7. The van der Waals surface area contributed by atoms with Gasteiger partial charge in [-0.25, -0.2) is 4.79 Å². The molecule has 2 aliphatic heterocycles. The van der Waals surface area contributed by atoms with E-state index >= 15 is 0 Å². The number of nitrogens with zero attached hydrogens (tertiary/aromatic N) is 2. The summed E-state index contributed by atoms with van der Waals surface area (Å²) >= 11 is 0. The highest BCUT2D eigenvalue weighted by Crippen LogP contribution is 2.21. The van der Waals surface area contributed by atoms with Gasteiger partial charge in [-0.15, -0.1) is 0 Å². The lowest BCUT2D eigenvalue weighted by molar-refractivity contribution is -0.128. The topological polar surface area (TPSA) is 73.9 Å². The van der Waals surface area contributed by atoms with Crippen molar-refractivity contribution < 1.29 is 14.3 Å². The molecule has 2 aliphatic rings. The number of morpholine rings is 1. The summed E-state index contributed by atoms with van der Waals surface area (Å²) in [5, 5.41) is 6.11. The first-order chi connectivity index (χ1) is 15.2. The Morgan fingerprint density at radius 3 is 2.48 bits per heavy atom. The predicted octanol–water partition coefficient (Wildman–Crippen LogP) is 3.00. The molecular formula is C24H30N4O3. The van der Waals surface area contributed by atoms with E-state index in [4.69, 9.17) is 4.74 Å². The summed E-state index contributed by atoms with van der Waals surface area (Å²) in [7, 11) is 0. The zero-order valence-corrected chi connectivity index (χ0v) is 17.8. The van der Waals surface area contributed by atoms with E-state index in [2.05, 4.69) is 15.5 Å². The molecule has 2 aromatic rings. The molecule has 0 saturated carbocycles. The Morgan fingerprint density at radius 1 is 1.00 bits per heavy atom. The highest BCUT2D eigenvalue weighted by Gasteiger charge is 2.25. The van der Waals surface area contributed by atoms with Crippen molar-refractivity contribution in [1.82, 2.24) is 15.1 Å². The summed E-state index contributed by atoms with van der Waals surface area (Å²) in [6.07, 6.45) is 1.46.